The highest BCUT2D eigenvalue weighted by Gasteiger charge is 2.35. The van der Waals surface area contributed by atoms with Gasteiger partial charge in [0, 0.05) is 19.5 Å². The fourth-order valence-corrected chi connectivity index (χ4v) is 2.86. The second kappa shape index (κ2) is 5.91. The highest BCUT2D eigenvalue weighted by atomic mass is 16.2. The number of nitrogens with zero attached hydrogens (tertiary/aromatic N) is 3. The summed E-state index contributed by atoms with van der Waals surface area (Å²) in [5, 5.41) is 11.5. The van der Waals surface area contributed by atoms with Crippen LogP contribution in [0.3, 0.4) is 0 Å². The lowest BCUT2D eigenvalue weighted by molar-refractivity contribution is -0.131. The molecule has 0 aliphatic carbocycles. The molecule has 20 heavy (non-hydrogen) atoms. The molecule has 0 aromatic carbocycles. The lowest BCUT2D eigenvalue weighted by atomic mass is 9.81. The van der Waals surface area contributed by atoms with E-state index < -0.39 is 5.41 Å². The Kier molecular flexibility index (Phi) is 4.42. The van der Waals surface area contributed by atoms with Crippen molar-refractivity contribution in [3.8, 4) is 0 Å². The van der Waals surface area contributed by atoms with Crippen molar-refractivity contribution >= 4 is 5.91 Å². The average Bonchev–Trinajstić information content (AvgIpc) is 3.03. The van der Waals surface area contributed by atoms with Gasteiger partial charge < -0.3 is 15.6 Å². The molecule has 1 aliphatic rings. The summed E-state index contributed by atoms with van der Waals surface area (Å²) in [6.45, 7) is 7.29. The van der Waals surface area contributed by atoms with E-state index in [9.17, 15) is 4.79 Å². The van der Waals surface area contributed by atoms with E-state index in [-0.39, 0.29) is 11.9 Å². The van der Waals surface area contributed by atoms with Gasteiger partial charge in [0.15, 0.2) is 5.82 Å². The van der Waals surface area contributed by atoms with Crippen LogP contribution >= 0.6 is 0 Å². The largest absolute Gasteiger partial charge is 0.346 e. The molecule has 0 radical (unpaired) electrons. The van der Waals surface area contributed by atoms with Crippen LogP contribution in [0.15, 0.2) is 0 Å². The zero-order chi connectivity index (χ0) is 14.8. The fraction of sp³-hybridized carbons (Fsp3) is 0.786. The van der Waals surface area contributed by atoms with Gasteiger partial charge in [-0.25, -0.2) is 0 Å². The van der Waals surface area contributed by atoms with E-state index in [0.717, 1.165) is 43.9 Å². The third kappa shape index (κ3) is 2.44. The third-order valence-electron chi connectivity index (χ3n) is 4.60. The number of nitrogens with one attached hydrogen (secondary N) is 1. The molecule has 6 nitrogen and oxygen atoms in total. The predicted molar refractivity (Wildman–Crippen MR) is 77.0 cm³/mol. The van der Waals surface area contributed by atoms with Crippen molar-refractivity contribution < 1.29 is 4.79 Å². The molecule has 0 bridgehead atoms. The molecule has 112 valence electrons. The Morgan fingerprint density at radius 1 is 1.45 bits per heavy atom. The van der Waals surface area contributed by atoms with Crippen LogP contribution in [0.2, 0.25) is 0 Å². The molecular weight excluding hydrogens is 254 g/mol. The van der Waals surface area contributed by atoms with Gasteiger partial charge in [-0.1, -0.05) is 13.8 Å². The molecule has 1 aromatic rings. The van der Waals surface area contributed by atoms with E-state index in [1.807, 2.05) is 20.8 Å². The smallest absolute Gasteiger partial charge is 0.228 e. The number of rotatable bonds is 6. The predicted octanol–water partition coefficient (Wildman–Crippen LogP) is 1.17. The van der Waals surface area contributed by atoms with Crippen molar-refractivity contribution in [1.29, 1.82) is 0 Å². The summed E-state index contributed by atoms with van der Waals surface area (Å²) in [6, 6.07) is -0.133. The first-order valence-electron chi connectivity index (χ1n) is 7.51. The van der Waals surface area contributed by atoms with Gasteiger partial charge in [-0.15, -0.1) is 10.2 Å². The van der Waals surface area contributed by atoms with Gasteiger partial charge in [0.05, 0.1) is 11.5 Å². The van der Waals surface area contributed by atoms with Crippen LogP contribution in [0.5, 0.6) is 0 Å². The van der Waals surface area contributed by atoms with Gasteiger partial charge in [0.1, 0.15) is 5.82 Å². The molecule has 2 heterocycles. The van der Waals surface area contributed by atoms with Gasteiger partial charge in [-0.2, -0.15) is 0 Å². The molecule has 1 amide bonds. The Morgan fingerprint density at radius 2 is 2.15 bits per heavy atom. The molecular formula is C14H25N5O. The summed E-state index contributed by atoms with van der Waals surface area (Å²) in [5.41, 5.74) is 5.35. The minimum absolute atomic E-state index is 0.0212. The number of carbonyl (C=O) groups is 1. The average molecular weight is 279 g/mol. The van der Waals surface area contributed by atoms with E-state index in [1.165, 1.54) is 0 Å². The topological polar surface area (TPSA) is 85.8 Å². The van der Waals surface area contributed by atoms with Crippen LogP contribution in [0.4, 0.5) is 0 Å². The first-order chi connectivity index (χ1) is 9.57. The highest BCUT2D eigenvalue weighted by Crippen LogP contribution is 2.27. The summed E-state index contributed by atoms with van der Waals surface area (Å²) < 4.78 is 2.12. The maximum absolute atomic E-state index is 12.5. The molecule has 1 aliphatic heterocycles. The zero-order valence-corrected chi connectivity index (χ0v) is 12.6. The normalized spacial score (nSPS) is 16.0. The Balaban J connectivity index is 2.11. The monoisotopic (exact) mass is 279 g/mol. The first-order valence-corrected chi connectivity index (χ1v) is 7.51. The molecule has 0 fully saturated rings. The molecule has 2 rings (SSSR count). The molecule has 6 heteroatoms. The molecule has 0 saturated carbocycles. The van der Waals surface area contributed by atoms with Crippen molar-refractivity contribution in [2.24, 2.45) is 11.1 Å². The molecule has 1 aromatic heterocycles. The van der Waals surface area contributed by atoms with Crippen molar-refractivity contribution in [2.75, 3.05) is 6.54 Å². The molecule has 3 N–H and O–H groups in total. The van der Waals surface area contributed by atoms with Crippen LogP contribution in [-0.4, -0.2) is 27.2 Å². The van der Waals surface area contributed by atoms with Crippen molar-refractivity contribution in [1.82, 2.24) is 20.1 Å². The number of fused-ring (bicyclic) bond motifs is 1. The summed E-state index contributed by atoms with van der Waals surface area (Å²) in [5.74, 6) is 1.90. The van der Waals surface area contributed by atoms with Crippen LogP contribution in [0.25, 0.3) is 0 Å². The minimum Gasteiger partial charge on any atom is -0.346 e. The van der Waals surface area contributed by atoms with E-state index >= 15 is 0 Å². The second-order valence-electron chi connectivity index (χ2n) is 5.62. The lowest BCUT2D eigenvalue weighted by Gasteiger charge is -2.30. The van der Waals surface area contributed by atoms with E-state index in [1.54, 1.807) is 0 Å². The Labute approximate surface area is 120 Å². The number of aryl methyl sites for hydroxylation is 1. The van der Waals surface area contributed by atoms with Crippen molar-refractivity contribution in [2.45, 2.75) is 59.0 Å². The second-order valence-corrected chi connectivity index (χ2v) is 5.62. The standard InChI is InChI=1S/C14H25N5O/c1-4-14(5-2,9-15)13(20)16-10(3)12-18-17-11-7-6-8-19(11)12/h10H,4-9,15H2,1-3H3,(H,16,20). The summed E-state index contributed by atoms with van der Waals surface area (Å²) in [4.78, 5) is 12.5. The zero-order valence-electron chi connectivity index (χ0n) is 12.6. The number of nitrogens with two attached hydrogens (primary N) is 1. The fourth-order valence-electron chi connectivity index (χ4n) is 2.86. The highest BCUT2D eigenvalue weighted by molar-refractivity contribution is 5.83. The van der Waals surface area contributed by atoms with Gasteiger partial charge in [-0.05, 0) is 26.2 Å². The molecule has 0 saturated heterocycles. The van der Waals surface area contributed by atoms with E-state index in [2.05, 4.69) is 20.1 Å². The summed E-state index contributed by atoms with van der Waals surface area (Å²) in [6.07, 6.45) is 3.58. The number of aromatic nitrogens is 3. The van der Waals surface area contributed by atoms with Crippen molar-refractivity contribution in [3.05, 3.63) is 11.6 Å². The van der Waals surface area contributed by atoms with Crippen LogP contribution in [0.1, 0.15) is 57.7 Å². The number of carbonyl (C=O) groups excluding carboxylic acids is 1. The van der Waals surface area contributed by atoms with Crippen LogP contribution in [0, 0.1) is 5.41 Å². The van der Waals surface area contributed by atoms with Crippen molar-refractivity contribution in [3.63, 3.8) is 0 Å². The maximum Gasteiger partial charge on any atom is 0.228 e. The maximum atomic E-state index is 12.5. The van der Waals surface area contributed by atoms with Crippen LogP contribution < -0.4 is 11.1 Å². The lowest BCUT2D eigenvalue weighted by Crippen LogP contribution is -2.46. The van der Waals surface area contributed by atoms with Gasteiger partial charge in [0.25, 0.3) is 0 Å². The Bertz CT molecular complexity index is 470. The Hall–Kier alpha value is -1.43. The third-order valence-corrected chi connectivity index (χ3v) is 4.60. The number of amides is 1. The molecule has 1 unspecified atom stereocenters. The molecule has 1 atom stereocenters. The summed E-state index contributed by atoms with van der Waals surface area (Å²) >= 11 is 0. The van der Waals surface area contributed by atoms with Gasteiger partial charge >= 0.3 is 0 Å². The Morgan fingerprint density at radius 3 is 2.75 bits per heavy atom. The summed E-state index contributed by atoms with van der Waals surface area (Å²) in [7, 11) is 0. The van der Waals surface area contributed by atoms with Gasteiger partial charge in [-0.3, -0.25) is 4.79 Å². The minimum atomic E-state index is -0.470. The van der Waals surface area contributed by atoms with E-state index in [4.69, 9.17) is 5.73 Å². The van der Waals surface area contributed by atoms with E-state index in [0.29, 0.717) is 6.54 Å². The quantitative estimate of drug-likeness (QED) is 0.818. The number of hydrogen-bond donors (Lipinski definition) is 2. The first kappa shape index (κ1) is 15.0. The van der Waals surface area contributed by atoms with Gasteiger partial charge in [0.2, 0.25) is 5.91 Å². The molecule has 0 spiro atoms. The SMILES string of the molecule is CCC(CC)(CN)C(=O)NC(C)c1nnc2n1CCC2. The number of hydrogen-bond acceptors (Lipinski definition) is 4. The van der Waals surface area contributed by atoms with Crippen LogP contribution in [-0.2, 0) is 17.8 Å².